The van der Waals surface area contributed by atoms with Crippen molar-refractivity contribution >= 4 is 16.9 Å². The normalized spacial score (nSPS) is 11.1. The minimum atomic E-state index is -0.103. The average molecular weight is 378 g/mol. The fourth-order valence-electron chi connectivity index (χ4n) is 3.17. The molecule has 5 heteroatoms. The van der Waals surface area contributed by atoms with E-state index in [4.69, 9.17) is 4.42 Å². The highest BCUT2D eigenvalue weighted by atomic mass is 16.3. The van der Waals surface area contributed by atoms with Gasteiger partial charge in [-0.3, -0.25) is 9.59 Å². The van der Waals surface area contributed by atoms with Gasteiger partial charge in [0.25, 0.3) is 5.91 Å². The van der Waals surface area contributed by atoms with Crippen molar-refractivity contribution in [1.29, 1.82) is 0 Å². The number of fused-ring (bicyclic) bond motifs is 1. The number of nitrogens with one attached hydrogen (secondary N) is 1. The van der Waals surface area contributed by atoms with Gasteiger partial charge >= 0.3 is 0 Å². The molecular weight excluding hydrogens is 352 g/mol. The molecule has 28 heavy (non-hydrogen) atoms. The first-order chi connectivity index (χ1) is 13.5. The molecule has 146 valence electrons. The van der Waals surface area contributed by atoms with Gasteiger partial charge in [-0.25, -0.2) is 0 Å². The molecule has 0 atom stereocenters. The molecule has 1 N–H and O–H groups in total. The zero-order valence-electron chi connectivity index (χ0n) is 16.6. The molecule has 0 spiro atoms. The molecule has 0 fully saturated rings. The molecule has 0 aliphatic carbocycles. The smallest absolute Gasteiger partial charge is 0.251 e. The maximum Gasteiger partial charge on any atom is 0.251 e. The Bertz CT molecular complexity index is 1020. The SMILES string of the molecule is CCN(CC)CCNC(=O)c1ccc(-c2cc(=O)c3cc(C)ccc3o2)cc1. The first-order valence-corrected chi connectivity index (χ1v) is 9.67. The van der Waals surface area contributed by atoms with Crippen LogP contribution in [0.2, 0.25) is 0 Å². The lowest BCUT2D eigenvalue weighted by Crippen LogP contribution is -2.34. The van der Waals surface area contributed by atoms with Crippen LogP contribution in [0.25, 0.3) is 22.3 Å². The summed E-state index contributed by atoms with van der Waals surface area (Å²) in [5, 5.41) is 3.52. The second kappa shape index (κ2) is 8.85. The van der Waals surface area contributed by atoms with Crippen LogP contribution in [0.1, 0.15) is 29.8 Å². The van der Waals surface area contributed by atoms with E-state index in [1.165, 1.54) is 6.07 Å². The van der Waals surface area contributed by atoms with Gasteiger partial charge in [0.2, 0.25) is 0 Å². The van der Waals surface area contributed by atoms with Crippen LogP contribution in [0.3, 0.4) is 0 Å². The molecule has 1 aromatic heterocycles. The maximum atomic E-state index is 12.4. The minimum Gasteiger partial charge on any atom is -0.456 e. The summed E-state index contributed by atoms with van der Waals surface area (Å²) in [7, 11) is 0. The van der Waals surface area contributed by atoms with E-state index in [1.54, 1.807) is 24.3 Å². The molecule has 3 aromatic rings. The van der Waals surface area contributed by atoms with Crippen molar-refractivity contribution in [2.24, 2.45) is 0 Å². The van der Waals surface area contributed by atoms with Crippen molar-refractivity contribution < 1.29 is 9.21 Å². The van der Waals surface area contributed by atoms with Gasteiger partial charge in [-0.1, -0.05) is 37.6 Å². The van der Waals surface area contributed by atoms with E-state index in [2.05, 4.69) is 24.1 Å². The third kappa shape index (κ3) is 4.49. The predicted molar refractivity (Wildman–Crippen MR) is 113 cm³/mol. The number of benzene rings is 2. The molecule has 1 heterocycles. The van der Waals surface area contributed by atoms with Crippen LogP contribution in [0.15, 0.2) is 57.7 Å². The van der Waals surface area contributed by atoms with Crippen LogP contribution >= 0.6 is 0 Å². The highest BCUT2D eigenvalue weighted by Crippen LogP contribution is 2.23. The molecule has 5 nitrogen and oxygen atoms in total. The van der Waals surface area contributed by atoms with E-state index in [1.807, 2.05) is 25.1 Å². The molecule has 0 radical (unpaired) electrons. The van der Waals surface area contributed by atoms with Crippen LogP contribution in [-0.2, 0) is 0 Å². The minimum absolute atomic E-state index is 0.0711. The van der Waals surface area contributed by atoms with Gasteiger partial charge in [-0.15, -0.1) is 0 Å². The van der Waals surface area contributed by atoms with Crippen molar-refractivity contribution in [2.75, 3.05) is 26.2 Å². The predicted octanol–water partition coefficient (Wildman–Crippen LogP) is 3.84. The van der Waals surface area contributed by atoms with Gasteiger partial charge in [0.05, 0.1) is 5.39 Å². The number of rotatable bonds is 7. The zero-order chi connectivity index (χ0) is 20.1. The Labute approximate surface area is 165 Å². The molecule has 0 aliphatic rings. The van der Waals surface area contributed by atoms with Crippen LogP contribution in [0.5, 0.6) is 0 Å². The van der Waals surface area contributed by atoms with E-state index in [9.17, 15) is 9.59 Å². The number of hydrogen-bond donors (Lipinski definition) is 1. The maximum absolute atomic E-state index is 12.4. The van der Waals surface area contributed by atoms with Gasteiger partial charge in [0.15, 0.2) is 5.43 Å². The van der Waals surface area contributed by atoms with E-state index in [0.717, 1.165) is 30.8 Å². The summed E-state index contributed by atoms with van der Waals surface area (Å²) in [4.78, 5) is 27.0. The van der Waals surface area contributed by atoms with E-state index >= 15 is 0 Å². The third-order valence-electron chi connectivity index (χ3n) is 4.92. The monoisotopic (exact) mass is 378 g/mol. The Morgan fingerprint density at radius 2 is 1.75 bits per heavy atom. The van der Waals surface area contributed by atoms with Crippen molar-refractivity contribution in [1.82, 2.24) is 10.2 Å². The van der Waals surface area contributed by atoms with E-state index < -0.39 is 0 Å². The van der Waals surface area contributed by atoms with Crippen LogP contribution < -0.4 is 10.7 Å². The molecular formula is C23H26N2O3. The second-order valence-electron chi connectivity index (χ2n) is 6.83. The number of likely N-dealkylation sites (N-methyl/N-ethyl adjacent to an activating group) is 1. The molecule has 0 saturated heterocycles. The highest BCUT2D eigenvalue weighted by Gasteiger charge is 2.10. The molecule has 0 unspecified atom stereocenters. The summed E-state index contributed by atoms with van der Waals surface area (Å²) in [5.41, 5.74) is 2.86. The van der Waals surface area contributed by atoms with Crippen molar-refractivity contribution in [3.8, 4) is 11.3 Å². The Hall–Kier alpha value is -2.92. The van der Waals surface area contributed by atoms with Gasteiger partial charge in [0.1, 0.15) is 11.3 Å². The van der Waals surface area contributed by atoms with E-state index in [-0.39, 0.29) is 11.3 Å². The van der Waals surface area contributed by atoms with Crippen molar-refractivity contribution in [3.63, 3.8) is 0 Å². The standard InChI is InChI=1S/C23H26N2O3/c1-4-25(5-2)13-12-24-23(27)18-9-7-17(8-10-18)22-15-20(26)19-14-16(3)6-11-21(19)28-22/h6-11,14-15H,4-5,12-13H2,1-3H3,(H,24,27). The number of amides is 1. The number of carbonyl (C=O) groups excluding carboxylic acids is 1. The van der Waals surface area contributed by atoms with Gasteiger partial charge in [0, 0.05) is 30.3 Å². The molecule has 0 aliphatic heterocycles. The van der Waals surface area contributed by atoms with Gasteiger partial charge in [-0.2, -0.15) is 0 Å². The molecule has 3 rings (SSSR count). The highest BCUT2D eigenvalue weighted by molar-refractivity contribution is 5.94. The lowest BCUT2D eigenvalue weighted by molar-refractivity contribution is 0.0949. The quantitative estimate of drug-likeness (QED) is 0.678. The van der Waals surface area contributed by atoms with Gasteiger partial charge < -0.3 is 14.6 Å². The van der Waals surface area contributed by atoms with Crippen LogP contribution in [0.4, 0.5) is 0 Å². The van der Waals surface area contributed by atoms with E-state index in [0.29, 0.717) is 28.8 Å². The first kappa shape index (κ1) is 19.8. The summed E-state index contributed by atoms with van der Waals surface area (Å²) >= 11 is 0. The lowest BCUT2D eigenvalue weighted by Gasteiger charge is -2.17. The topological polar surface area (TPSA) is 62.6 Å². The Kier molecular flexibility index (Phi) is 6.26. The van der Waals surface area contributed by atoms with Crippen LogP contribution in [-0.4, -0.2) is 37.0 Å². The van der Waals surface area contributed by atoms with Crippen molar-refractivity contribution in [2.45, 2.75) is 20.8 Å². The largest absolute Gasteiger partial charge is 0.456 e. The Morgan fingerprint density at radius 1 is 1.04 bits per heavy atom. The molecule has 1 amide bonds. The molecule has 0 saturated carbocycles. The first-order valence-electron chi connectivity index (χ1n) is 9.67. The Morgan fingerprint density at radius 3 is 2.43 bits per heavy atom. The lowest BCUT2D eigenvalue weighted by atomic mass is 10.1. The number of carbonyl (C=O) groups is 1. The third-order valence-corrected chi connectivity index (χ3v) is 4.92. The van der Waals surface area contributed by atoms with Crippen molar-refractivity contribution in [3.05, 3.63) is 69.9 Å². The second-order valence-corrected chi connectivity index (χ2v) is 6.83. The molecule has 2 aromatic carbocycles. The summed E-state index contributed by atoms with van der Waals surface area (Å²) < 4.78 is 5.89. The summed E-state index contributed by atoms with van der Waals surface area (Å²) in [5.74, 6) is 0.393. The number of hydrogen-bond acceptors (Lipinski definition) is 4. The Balaban J connectivity index is 1.74. The van der Waals surface area contributed by atoms with Gasteiger partial charge in [-0.05, 0) is 44.3 Å². The fraction of sp³-hybridized carbons (Fsp3) is 0.304. The summed E-state index contributed by atoms with van der Waals surface area (Å²) in [6.45, 7) is 9.54. The fourth-order valence-corrected chi connectivity index (χ4v) is 3.17. The molecule has 0 bridgehead atoms. The summed E-state index contributed by atoms with van der Waals surface area (Å²) in [6, 6.07) is 14.2. The number of nitrogens with zero attached hydrogens (tertiary/aromatic N) is 1. The van der Waals surface area contributed by atoms with Crippen LogP contribution in [0, 0.1) is 6.92 Å². The summed E-state index contributed by atoms with van der Waals surface area (Å²) in [6.07, 6.45) is 0. The zero-order valence-corrected chi connectivity index (χ0v) is 16.6. The average Bonchev–Trinajstić information content (AvgIpc) is 2.71. The number of aryl methyl sites for hydroxylation is 1.